The number of hydrogen-bond acceptors (Lipinski definition) is 4. The number of benzene rings is 1. The van der Waals surface area contributed by atoms with Crippen LogP contribution >= 0.6 is 0 Å². The molecule has 0 saturated heterocycles. The fraction of sp³-hybridized carbons (Fsp3) is 0.478. The summed E-state index contributed by atoms with van der Waals surface area (Å²) in [6, 6.07) is 9.83. The minimum absolute atomic E-state index is 0.103. The van der Waals surface area contributed by atoms with Gasteiger partial charge in [0.1, 0.15) is 5.82 Å². The molecule has 1 aromatic heterocycles. The number of para-hydroxylation sites is 1. The standard InChI is InChI=1S/C23H34N4O/c1-16(2)19-9-7-10-20(17(3)4)22(19)26-23(28)18-11-13-25-21(15-18)24-12-8-14-27(5)6/h7,9-11,13,15-17H,8,12,14H2,1-6H3,(H,24,25)(H,26,28). The summed E-state index contributed by atoms with van der Waals surface area (Å²) < 4.78 is 0. The molecule has 0 atom stereocenters. The van der Waals surface area contributed by atoms with Crippen molar-refractivity contribution in [1.82, 2.24) is 9.88 Å². The number of carbonyl (C=O) groups is 1. The minimum atomic E-state index is -0.103. The Balaban J connectivity index is 2.16. The van der Waals surface area contributed by atoms with Crippen LogP contribution in [0.1, 0.15) is 67.4 Å². The molecule has 0 fully saturated rings. The normalized spacial score (nSPS) is 11.3. The number of hydrogen-bond donors (Lipinski definition) is 2. The van der Waals surface area contributed by atoms with Crippen LogP contribution in [-0.2, 0) is 0 Å². The highest BCUT2D eigenvalue weighted by molar-refractivity contribution is 6.05. The highest BCUT2D eigenvalue weighted by Gasteiger charge is 2.17. The first-order valence-electron chi connectivity index (χ1n) is 10.1. The summed E-state index contributed by atoms with van der Waals surface area (Å²) in [6.45, 7) is 10.4. The Kier molecular flexibility index (Phi) is 8.00. The molecular formula is C23H34N4O. The van der Waals surface area contributed by atoms with E-state index in [1.165, 1.54) is 0 Å². The fourth-order valence-corrected chi connectivity index (χ4v) is 3.16. The van der Waals surface area contributed by atoms with Crippen LogP contribution in [0.3, 0.4) is 0 Å². The smallest absolute Gasteiger partial charge is 0.255 e. The molecule has 5 heteroatoms. The minimum Gasteiger partial charge on any atom is -0.370 e. The van der Waals surface area contributed by atoms with E-state index < -0.39 is 0 Å². The van der Waals surface area contributed by atoms with Gasteiger partial charge in [0, 0.05) is 24.0 Å². The lowest BCUT2D eigenvalue weighted by molar-refractivity contribution is 0.102. The van der Waals surface area contributed by atoms with Crippen molar-refractivity contribution in [2.75, 3.05) is 37.8 Å². The Hall–Kier alpha value is -2.40. The van der Waals surface area contributed by atoms with Gasteiger partial charge in [-0.1, -0.05) is 45.9 Å². The number of amides is 1. The maximum atomic E-state index is 13.0. The number of pyridine rings is 1. The van der Waals surface area contributed by atoms with E-state index in [0.717, 1.165) is 42.1 Å². The molecule has 5 nitrogen and oxygen atoms in total. The van der Waals surface area contributed by atoms with Crippen molar-refractivity contribution in [3.05, 3.63) is 53.2 Å². The molecule has 0 bridgehead atoms. The van der Waals surface area contributed by atoms with Gasteiger partial charge in [-0.25, -0.2) is 4.98 Å². The van der Waals surface area contributed by atoms with Gasteiger partial charge in [0.25, 0.3) is 5.91 Å². The maximum absolute atomic E-state index is 13.0. The number of anilines is 2. The van der Waals surface area contributed by atoms with Crippen LogP contribution < -0.4 is 10.6 Å². The Morgan fingerprint density at radius 1 is 1.07 bits per heavy atom. The molecule has 0 aliphatic carbocycles. The summed E-state index contributed by atoms with van der Waals surface area (Å²) >= 11 is 0. The summed E-state index contributed by atoms with van der Waals surface area (Å²) in [5.74, 6) is 1.29. The van der Waals surface area contributed by atoms with E-state index in [1.54, 1.807) is 12.3 Å². The average Bonchev–Trinajstić information content (AvgIpc) is 2.65. The Labute approximate surface area is 169 Å². The van der Waals surface area contributed by atoms with Crippen LogP contribution in [0.5, 0.6) is 0 Å². The molecule has 0 unspecified atom stereocenters. The number of rotatable bonds is 9. The first kappa shape index (κ1) is 21.9. The summed E-state index contributed by atoms with van der Waals surface area (Å²) in [5, 5.41) is 6.47. The third kappa shape index (κ3) is 6.06. The highest BCUT2D eigenvalue weighted by Crippen LogP contribution is 2.32. The number of aromatic nitrogens is 1. The molecule has 1 heterocycles. The van der Waals surface area contributed by atoms with Crippen molar-refractivity contribution in [2.45, 2.75) is 46.0 Å². The molecule has 0 spiro atoms. The van der Waals surface area contributed by atoms with Gasteiger partial charge in [0.05, 0.1) is 0 Å². The number of nitrogens with zero attached hydrogens (tertiary/aromatic N) is 2. The van der Waals surface area contributed by atoms with Gasteiger partial charge in [-0.3, -0.25) is 4.79 Å². The van der Waals surface area contributed by atoms with Crippen molar-refractivity contribution in [3.63, 3.8) is 0 Å². The second-order valence-electron chi connectivity index (χ2n) is 8.09. The van der Waals surface area contributed by atoms with Crippen molar-refractivity contribution < 1.29 is 4.79 Å². The zero-order chi connectivity index (χ0) is 20.7. The summed E-state index contributed by atoms with van der Waals surface area (Å²) in [6.07, 6.45) is 2.70. The molecule has 0 aliphatic heterocycles. The summed E-state index contributed by atoms with van der Waals surface area (Å²) in [5.41, 5.74) is 3.87. The van der Waals surface area contributed by atoms with E-state index in [-0.39, 0.29) is 5.91 Å². The maximum Gasteiger partial charge on any atom is 0.255 e. The van der Waals surface area contributed by atoms with Gasteiger partial charge in [-0.2, -0.15) is 0 Å². The molecule has 0 saturated carbocycles. The molecule has 0 aliphatic rings. The van der Waals surface area contributed by atoms with Crippen molar-refractivity contribution in [1.29, 1.82) is 0 Å². The van der Waals surface area contributed by atoms with Crippen molar-refractivity contribution in [3.8, 4) is 0 Å². The largest absolute Gasteiger partial charge is 0.370 e. The van der Waals surface area contributed by atoms with Crippen LogP contribution in [0, 0.1) is 0 Å². The lowest BCUT2D eigenvalue weighted by atomic mass is 9.92. The Morgan fingerprint density at radius 3 is 2.29 bits per heavy atom. The Bertz CT molecular complexity index is 758. The predicted octanol–water partition coefficient (Wildman–Crippen LogP) is 4.94. The van der Waals surface area contributed by atoms with Crippen molar-refractivity contribution in [2.24, 2.45) is 0 Å². The van der Waals surface area contributed by atoms with E-state index in [9.17, 15) is 4.79 Å². The third-order valence-corrected chi connectivity index (χ3v) is 4.72. The topological polar surface area (TPSA) is 57.3 Å². The van der Waals surface area contributed by atoms with Crippen molar-refractivity contribution >= 4 is 17.4 Å². The van der Waals surface area contributed by atoms with Gasteiger partial charge in [0.15, 0.2) is 0 Å². The van der Waals surface area contributed by atoms with Crippen LogP contribution in [0.25, 0.3) is 0 Å². The van der Waals surface area contributed by atoms with Gasteiger partial charge in [-0.05, 0) is 62.2 Å². The molecule has 0 radical (unpaired) electrons. The van der Waals surface area contributed by atoms with E-state index in [1.807, 2.05) is 6.07 Å². The molecular weight excluding hydrogens is 348 g/mol. The van der Waals surface area contributed by atoms with Gasteiger partial charge in [-0.15, -0.1) is 0 Å². The van der Waals surface area contributed by atoms with E-state index in [4.69, 9.17) is 0 Å². The summed E-state index contributed by atoms with van der Waals surface area (Å²) in [4.78, 5) is 19.4. The van der Waals surface area contributed by atoms with Gasteiger partial charge >= 0.3 is 0 Å². The number of carbonyl (C=O) groups excluding carboxylic acids is 1. The van der Waals surface area contributed by atoms with Crippen LogP contribution in [0.2, 0.25) is 0 Å². The second-order valence-corrected chi connectivity index (χ2v) is 8.09. The molecule has 2 rings (SSSR count). The molecule has 1 amide bonds. The highest BCUT2D eigenvalue weighted by atomic mass is 16.1. The van der Waals surface area contributed by atoms with E-state index in [0.29, 0.717) is 17.4 Å². The van der Waals surface area contributed by atoms with Gasteiger partial charge in [0.2, 0.25) is 0 Å². The quantitative estimate of drug-likeness (QED) is 0.603. The second kappa shape index (κ2) is 10.2. The van der Waals surface area contributed by atoms with E-state index in [2.05, 4.69) is 80.5 Å². The average molecular weight is 383 g/mol. The first-order valence-corrected chi connectivity index (χ1v) is 10.1. The number of nitrogens with one attached hydrogen (secondary N) is 2. The van der Waals surface area contributed by atoms with Crippen LogP contribution in [-0.4, -0.2) is 43.0 Å². The lowest BCUT2D eigenvalue weighted by Crippen LogP contribution is -2.18. The molecule has 28 heavy (non-hydrogen) atoms. The predicted molar refractivity (Wildman–Crippen MR) is 118 cm³/mol. The zero-order valence-electron chi connectivity index (χ0n) is 18.0. The SMILES string of the molecule is CC(C)c1cccc(C(C)C)c1NC(=O)c1ccnc(NCCCN(C)C)c1. The summed E-state index contributed by atoms with van der Waals surface area (Å²) in [7, 11) is 4.12. The monoisotopic (exact) mass is 382 g/mol. The molecule has 2 aromatic rings. The van der Waals surface area contributed by atoms with Crippen LogP contribution in [0.15, 0.2) is 36.5 Å². The third-order valence-electron chi connectivity index (χ3n) is 4.72. The van der Waals surface area contributed by atoms with E-state index >= 15 is 0 Å². The Morgan fingerprint density at radius 2 is 1.71 bits per heavy atom. The first-order chi connectivity index (χ1) is 13.3. The van der Waals surface area contributed by atoms with Crippen LogP contribution in [0.4, 0.5) is 11.5 Å². The van der Waals surface area contributed by atoms with Gasteiger partial charge < -0.3 is 15.5 Å². The lowest BCUT2D eigenvalue weighted by Gasteiger charge is -2.20. The zero-order valence-corrected chi connectivity index (χ0v) is 18.0. The molecule has 1 aromatic carbocycles. The fourth-order valence-electron chi connectivity index (χ4n) is 3.16. The molecule has 152 valence electrons. The molecule has 2 N–H and O–H groups in total.